The van der Waals surface area contributed by atoms with Crippen LogP contribution in [-0.4, -0.2) is 29.8 Å². The molecule has 1 aliphatic heterocycles. The lowest BCUT2D eigenvalue weighted by Crippen LogP contribution is -2.45. The van der Waals surface area contributed by atoms with E-state index >= 15 is 0 Å². The van der Waals surface area contributed by atoms with Gasteiger partial charge in [0.05, 0.1) is 0 Å². The molecule has 1 amide bonds. The molecule has 98 valence electrons. The Balaban J connectivity index is 1.93. The van der Waals surface area contributed by atoms with Crippen LogP contribution in [0.4, 0.5) is 0 Å². The standard InChI is InChI=1S/C14H19NO3/c1-9(8-16)10(2)15-14(17)13-7-11-5-3-4-6-12(11)18-13/h3-6,9-10,13,16H,7-8H2,1-2H3,(H,15,17). The van der Waals surface area contributed by atoms with Gasteiger partial charge in [0, 0.05) is 19.1 Å². The predicted octanol–water partition coefficient (Wildman–Crippen LogP) is 1.12. The third kappa shape index (κ3) is 2.64. The summed E-state index contributed by atoms with van der Waals surface area (Å²) in [4.78, 5) is 12.0. The van der Waals surface area contributed by atoms with Gasteiger partial charge in [-0.2, -0.15) is 0 Å². The second-order valence-electron chi connectivity index (χ2n) is 4.88. The van der Waals surface area contributed by atoms with E-state index in [-0.39, 0.29) is 24.5 Å². The summed E-state index contributed by atoms with van der Waals surface area (Å²) in [6, 6.07) is 7.63. The average molecular weight is 249 g/mol. The highest BCUT2D eigenvalue weighted by Gasteiger charge is 2.29. The van der Waals surface area contributed by atoms with Crippen molar-refractivity contribution in [3.8, 4) is 5.75 Å². The third-order valence-electron chi connectivity index (χ3n) is 3.45. The highest BCUT2D eigenvalue weighted by atomic mass is 16.5. The number of para-hydroxylation sites is 1. The van der Waals surface area contributed by atoms with Gasteiger partial charge in [-0.05, 0) is 24.5 Å². The van der Waals surface area contributed by atoms with Crippen LogP contribution in [-0.2, 0) is 11.2 Å². The van der Waals surface area contributed by atoms with Crippen LogP contribution in [0.3, 0.4) is 0 Å². The van der Waals surface area contributed by atoms with Crippen molar-refractivity contribution >= 4 is 5.91 Å². The second-order valence-corrected chi connectivity index (χ2v) is 4.88. The van der Waals surface area contributed by atoms with E-state index in [1.54, 1.807) is 0 Å². The fourth-order valence-electron chi connectivity index (χ4n) is 1.95. The van der Waals surface area contributed by atoms with E-state index in [0.717, 1.165) is 11.3 Å². The van der Waals surface area contributed by atoms with Crippen LogP contribution in [0.5, 0.6) is 5.75 Å². The molecule has 0 aromatic heterocycles. The molecule has 0 radical (unpaired) electrons. The Morgan fingerprint density at radius 2 is 2.22 bits per heavy atom. The second kappa shape index (κ2) is 5.40. The van der Waals surface area contributed by atoms with Crippen LogP contribution in [0.1, 0.15) is 19.4 Å². The van der Waals surface area contributed by atoms with Crippen molar-refractivity contribution in [1.82, 2.24) is 5.32 Å². The van der Waals surface area contributed by atoms with Gasteiger partial charge in [-0.15, -0.1) is 0 Å². The molecule has 0 aliphatic carbocycles. The van der Waals surface area contributed by atoms with Crippen molar-refractivity contribution in [2.75, 3.05) is 6.61 Å². The number of ether oxygens (including phenoxy) is 1. The van der Waals surface area contributed by atoms with Crippen LogP contribution in [0.25, 0.3) is 0 Å². The molecular weight excluding hydrogens is 230 g/mol. The van der Waals surface area contributed by atoms with Gasteiger partial charge in [0.2, 0.25) is 0 Å². The summed E-state index contributed by atoms with van der Waals surface area (Å²) >= 11 is 0. The topological polar surface area (TPSA) is 58.6 Å². The molecule has 0 spiro atoms. The normalized spacial score (nSPS) is 20.7. The first kappa shape index (κ1) is 12.9. The number of rotatable bonds is 4. The number of amides is 1. The Morgan fingerprint density at radius 1 is 1.50 bits per heavy atom. The highest BCUT2D eigenvalue weighted by molar-refractivity contribution is 5.82. The summed E-state index contributed by atoms with van der Waals surface area (Å²) in [6.07, 6.45) is 0.165. The molecule has 0 fully saturated rings. The minimum atomic E-state index is -0.448. The Kier molecular flexibility index (Phi) is 3.87. The van der Waals surface area contributed by atoms with Crippen molar-refractivity contribution in [2.45, 2.75) is 32.4 Å². The number of hydrogen-bond donors (Lipinski definition) is 2. The van der Waals surface area contributed by atoms with Gasteiger partial charge in [-0.3, -0.25) is 4.79 Å². The summed E-state index contributed by atoms with van der Waals surface area (Å²) in [7, 11) is 0. The Labute approximate surface area is 107 Å². The third-order valence-corrected chi connectivity index (χ3v) is 3.45. The van der Waals surface area contributed by atoms with Gasteiger partial charge in [-0.25, -0.2) is 0 Å². The summed E-state index contributed by atoms with van der Waals surface area (Å²) in [5, 5.41) is 11.9. The monoisotopic (exact) mass is 249 g/mol. The summed E-state index contributed by atoms with van der Waals surface area (Å²) in [5.41, 5.74) is 1.07. The molecule has 0 saturated carbocycles. The Hall–Kier alpha value is -1.55. The maximum atomic E-state index is 12.0. The fraction of sp³-hybridized carbons (Fsp3) is 0.500. The summed E-state index contributed by atoms with van der Waals surface area (Å²) < 4.78 is 5.61. The molecule has 18 heavy (non-hydrogen) atoms. The molecule has 1 aromatic carbocycles. The van der Waals surface area contributed by atoms with Crippen LogP contribution in [0.2, 0.25) is 0 Å². The van der Waals surface area contributed by atoms with Crippen molar-refractivity contribution in [3.05, 3.63) is 29.8 Å². The molecule has 0 bridgehead atoms. The number of nitrogens with one attached hydrogen (secondary N) is 1. The van der Waals surface area contributed by atoms with E-state index in [4.69, 9.17) is 9.84 Å². The van der Waals surface area contributed by atoms with Crippen molar-refractivity contribution in [1.29, 1.82) is 0 Å². The number of fused-ring (bicyclic) bond motifs is 1. The molecule has 1 heterocycles. The molecule has 1 aromatic rings. The van der Waals surface area contributed by atoms with Crippen LogP contribution >= 0.6 is 0 Å². The zero-order chi connectivity index (χ0) is 13.1. The van der Waals surface area contributed by atoms with Crippen LogP contribution < -0.4 is 10.1 Å². The SMILES string of the molecule is CC(CO)C(C)NC(=O)C1Cc2ccccc2O1. The Morgan fingerprint density at radius 3 is 2.89 bits per heavy atom. The van der Waals surface area contributed by atoms with Crippen molar-refractivity contribution in [2.24, 2.45) is 5.92 Å². The fourth-order valence-corrected chi connectivity index (χ4v) is 1.95. The highest BCUT2D eigenvalue weighted by Crippen LogP contribution is 2.28. The Bertz CT molecular complexity index is 408. The minimum absolute atomic E-state index is 0.0396. The molecule has 2 N–H and O–H groups in total. The lowest BCUT2D eigenvalue weighted by Gasteiger charge is -2.21. The van der Waals surface area contributed by atoms with Gasteiger partial charge >= 0.3 is 0 Å². The molecule has 2 rings (SSSR count). The van der Waals surface area contributed by atoms with Crippen molar-refractivity contribution in [3.63, 3.8) is 0 Å². The first-order valence-corrected chi connectivity index (χ1v) is 6.27. The van der Waals surface area contributed by atoms with E-state index < -0.39 is 6.10 Å². The van der Waals surface area contributed by atoms with E-state index in [2.05, 4.69) is 5.32 Å². The molecule has 3 atom stereocenters. The number of aliphatic hydroxyl groups excluding tert-OH is 1. The number of aliphatic hydroxyl groups is 1. The zero-order valence-electron chi connectivity index (χ0n) is 10.7. The predicted molar refractivity (Wildman–Crippen MR) is 68.4 cm³/mol. The molecule has 3 unspecified atom stereocenters. The van der Waals surface area contributed by atoms with Gasteiger partial charge in [-0.1, -0.05) is 25.1 Å². The maximum absolute atomic E-state index is 12.0. The molecular formula is C14H19NO3. The first-order chi connectivity index (χ1) is 8.61. The summed E-state index contributed by atoms with van der Waals surface area (Å²) in [5.74, 6) is 0.720. The maximum Gasteiger partial charge on any atom is 0.261 e. The van der Waals surface area contributed by atoms with Crippen molar-refractivity contribution < 1.29 is 14.6 Å². The van der Waals surface area contributed by atoms with E-state index in [1.165, 1.54) is 0 Å². The van der Waals surface area contributed by atoms with E-state index in [0.29, 0.717) is 6.42 Å². The zero-order valence-corrected chi connectivity index (χ0v) is 10.7. The lowest BCUT2D eigenvalue weighted by atomic mass is 10.0. The molecule has 1 aliphatic rings. The number of hydrogen-bond acceptors (Lipinski definition) is 3. The van der Waals surface area contributed by atoms with Gasteiger partial charge in [0.15, 0.2) is 6.10 Å². The molecule has 0 saturated heterocycles. The smallest absolute Gasteiger partial charge is 0.261 e. The van der Waals surface area contributed by atoms with Gasteiger partial charge < -0.3 is 15.2 Å². The van der Waals surface area contributed by atoms with Gasteiger partial charge in [0.25, 0.3) is 5.91 Å². The van der Waals surface area contributed by atoms with Crippen LogP contribution in [0.15, 0.2) is 24.3 Å². The average Bonchev–Trinajstić information content (AvgIpc) is 2.81. The van der Waals surface area contributed by atoms with E-state index in [9.17, 15) is 4.79 Å². The number of benzene rings is 1. The largest absolute Gasteiger partial charge is 0.480 e. The quantitative estimate of drug-likeness (QED) is 0.840. The lowest BCUT2D eigenvalue weighted by molar-refractivity contribution is -0.128. The molecule has 4 nitrogen and oxygen atoms in total. The number of carbonyl (C=O) groups is 1. The summed E-state index contributed by atoms with van der Waals surface area (Å²) in [6.45, 7) is 3.85. The minimum Gasteiger partial charge on any atom is -0.480 e. The van der Waals surface area contributed by atoms with E-state index in [1.807, 2.05) is 38.1 Å². The first-order valence-electron chi connectivity index (χ1n) is 6.27. The van der Waals surface area contributed by atoms with Crippen LogP contribution in [0, 0.1) is 5.92 Å². The number of carbonyl (C=O) groups excluding carboxylic acids is 1. The molecule has 4 heteroatoms. The van der Waals surface area contributed by atoms with Gasteiger partial charge in [0.1, 0.15) is 5.75 Å².